The Hall–Kier alpha value is -3.48. The van der Waals surface area contributed by atoms with Crippen molar-refractivity contribution < 1.29 is 13.5 Å². The SMILES string of the molecule is COc1cccc(Cn2ccc3cc(-c4cn[nH]c4C(F)F)ccc3c2=O)c1. The second-order valence-electron chi connectivity index (χ2n) is 6.40. The van der Waals surface area contributed by atoms with E-state index in [-0.39, 0.29) is 11.3 Å². The number of halogens is 2. The van der Waals surface area contributed by atoms with Crippen LogP contribution in [0.15, 0.2) is 65.7 Å². The van der Waals surface area contributed by atoms with Gasteiger partial charge in [-0.05, 0) is 46.8 Å². The molecule has 0 spiro atoms. The van der Waals surface area contributed by atoms with Crippen molar-refractivity contribution in [1.29, 1.82) is 0 Å². The third-order valence-electron chi connectivity index (χ3n) is 4.66. The van der Waals surface area contributed by atoms with Gasteiger partial charge >= 0.3 is 0 Å². The number of nitrogens with zero attached hydrogens (tertiary/aromatic N) is 2. The largest absolute Gasteiger partial charge is 0.497 e. The molecule has 0 aliphatic heterocycles. The van der Waals surface area contributed by atoms with Crippen LogP contribution in [0.3, 0.4) is 0 Å². The molecule has 0 saturated carbocycles. The zero-order valence-electron chi connectivity index (χ0n) is 15.0. The minimum Gasteiger partial charge on any atom is -0.497 e. The summed E-state index contributed by atoms with van der Waals surface area (Å²) in [6.45, 7) is 0.408. The van der Waals surface area contributed by atoms with E-state index in [0.717, 1.165) is 11.3 Å². The van der Waals surface area contributed by atoms with E-state index in [1.807, 2.05) is 30.3 Å². The van der Waals surface area contributed by atoms with Crippen LogP contribution in [-0.2, 0) is 6.54 Å². The number of benzene rings is 2. The van der Waals surface area contributed by atoms with Crippen molar-refractivity contribution in [2.24, 2.45) is 0 Å². The Bertz CT molecular complexity index is 1200. The van der Waals surface area contributed by atoms with Gasteiger partial charge in [-0.2, -0.15) is 5.10 Å². The van der Waals surface area contributed by atoms with Gasteiger partial charge in [-0.3, -0.25) is 9.89 Å². The lowest BCUT2D eigenvalue weighted by Gasteiger charge is -2.10. The van der Waals surface area contributed by atoms with Crippen LogP contribution in [0.4, 0.5) is 8.78 Å². The quantitative estimate of drug-likeness (QED) is 0.558. The van der Waals surface area contributed by atoms with Crippen LogP contribution < -0.4 is 10.3 Å². The zero-order valence-corrected chi connectivity index (χ0v) is 15.0. The number of aromatic amines is 1. The van der Waals surface area contributed by atoms with Gasteiger partial charge in [0.15, 0.2) is 0 Å². The van der Waals surface area contributed by atoms with E-state index >= 15 is 0 Å². The van der Waals surface area contributed by atoms with Gasteiger partial charge in [0.05, 0.1) is 19.9 Å². The summed E-state index contributed by atoms with van der Waals surface area (Å²) in [6, 6.07) is 14.4. The molecule has 0 aliphatic carbocycles. The molecule has 28 heavy (non-hydrogen) atoms. The summed E-state index contributed by atoms with van der Waals surface area (Å²) in [5, 5.41) is 7.25. The summed E-state index contributed by atoms with van der Waals surface area (Å²) in [7, 11) is 1.60. The fourth-order valence-corrected chi connectivity index (χ4v) is 3.24. The number of hydrogen-bond acceptors (Lipinski definition) is 3. The van der Waals surface area contributed by atoms with Crippen molar-refractivity contribution in [3.63, 3.8) is 0 Å². The molecule has 0 bridgehead atoms. The van der Waals surface area contributed by atoms with E-state index in [1.165, 1.54) is 6.20 Å². The number of hydrogen-bond donors (Lipinski definition) is 1. The van der Waals surface area contributed by atoms with Crippen LogP contribution in [0.2, 0.25) is 0 Å². The summed E-state index contributed by atoms with van der Waals surface area (Å²) < 4.78 is 33.0. The van der Waals surface area contributed by atoms with Gasteiger partial charge in [0, 0.05) is 17.1 Å². The van der Waals surface area contributed by atoms with E-state index < -0.39 is 6.43 Å². The fourth-order valence-electron chi connectivity index (χ4n) is 3.24. The molecule has 2 aromatic heterocycles. The topological polar surface area (TPSA) is 59.9 Å². The van der Waals surface area contributed by atoms with Gasteiger partial charge in [-0.15, -0.1) is 0 Å². The van der Waals surface area contributed by atoms with Crippen molar-refractivity contribution in [1.82, 2.24) is 14.8 Å². The summed E-state index contributed by atoms with van der Waals surface area (Å²) in [5.41, 5.74) is 1.48. The maximum atomic E-state index is 13.1. The molecule has 0 fully saturated rings. The summed E-state index contributed by atoms with van der Waals surface area (Å²) in [5.74, 6) is 0.728. The van der Waals surface area contributed by atoms with Crippen molar-refractivity contribution in [3.8, 4) is 16.9 Å². The monoisotopic (exact) mass is 381 g/mol. The minimum atomic E-state index is -2.65. The normalized spacial score (nSPS) is 11.3. The standard InChI is InChI=1S/C21H17F2N3O2/c1-28-16-4-2-3-13(9-16)12-26-8-7-15-10-14(5-6-17(15)21(26)27)18-11-24-25-19(18)20(22)23/h2-11,20H,12H2,1H3,(H,24,25). The van der Waals surface area contributed by atoms with Crippen LogP contribution in [0.5, 0.6) is 5.75 Å². The lowest BCUT2D eigenvalue weighted by molar-refractivity contribution is 0.146. The van der Waals surface area contributed by atoms with E-state index in [9.17, 15) is 13.6 Å². The molecule has 0 saturated heterocycles. The average molecular weight is 381 g/mol. The lowest BCUT2D eigenvalue weighted by Crippen LogP contribution is -2.20. The predicted molar refractivity (Wildman–Crippen MR) is 103 cm³/mol. The van der Waals surface area contributed by atoms with Crippen molar-refractivity contribution in [3.05, 3.63) is 82.5 Å². The molecule has 7 heteroatoms. The maximum Gasteiger partial charge on any atom is 0.280 e. The molecule has 4 aromatic rings. The Morgan fingerprint density at radius 3 is 2.82 bits per heavy atom. The molecule has 4 rings (SSSR count). The van der Waals surface area contributed by atoms with Crippen LogP contribution in [-0.4, -0.2) is 21.9 Å². The zero-order chi connectivity index (χ0) is 19.7. The van der Waals surface area contributed by atoms with Crippen molar-refractivity contribution in [2.75, 3.05) is 7.11 Å². The number of pyridine rings is 1. The highest BCUT2D eigenvalue weighted by atomic mass is 19.3. The molecule has 0 unspecified atom stereocenters. The lowest BCUT2D eigenvalue weighted by atomic mass is 10.0. The number of nitrogens with one attached hydrogen (secondary N) is 1. The van der Waals surface area contributed by atoms with E-state index in [1.54, 1.807) is 36.1 Å². The maximum absolute atomic E-state index is 13.1. The Morgan fingerprint density at radius 1 is 1.18 bits per heavy atom. The second kappa shape index (κ2) is 7.26. The molecule has 0 amide bonds. The fraction of sp³-hybridized carbons (Fsp3) is 0.143. The Balaban J connectivity index is 1.72. The first-order valence-electron chi connectivity index (χ1n) is 8.65. The number of aromatic nitrogens is 3. The number of alkyl halides is 2. The molecule has 2 heterocycles. The van der Waals surface area contributed by atoms with Crippen LogP contribution >= 0.6 is 0 Å². The van der Waals surface area contributed by atoms with Gasteiger partial charge in [0.1, 0.15) is 11.4 Å². The van der Waals surface area contributed by atoms with Crippen molar-refractivity contribution in [2.45, 2.75) is 13.0 Å². The highest BCUT2D eigenvalue weighted by Crippen LogP contribution is 2.30. The molecule has 0 atom stereocenters. The van der Waals surface area contributed by atoms with Crippen molar-refractivity contribution >= 4 is 10.8 Å². The van der Waals surface area contributed by atoms with Gasteiger partial charge < -0.3 is 9.30 Å². The molecule has 1 N–H and O–H groups in total. The highest BCUT2D eigenvalue weighted by Gasteiger charge is 2.17. The van der Waals surface area contributed by atoms with Crippen LogP contribution in [0, 0.1) is 0 Å². The first-order chi connectivity index (χ1) is 13.6. The smallest absolute Gasteiger partial charge is 0.280 e. The summed E-state index contributed by atoms with van der Waals surface area (Å²) in [6.07, 6.45) is 0.424. The van der Waals surface area contributed by atoms with Crippen LogP contribution in [0.25, 0.3) is 21.9 Å². The number of H-pyrrole nitrogens is 1. The Labute approximate surface area is 159 Å². The first-order valence-corrected chi connectivity index (χ1v) is 8.65. The summed E-state index contributed by atoms with van der Waals surface area (Å²) >= 11 is 0. The molecular formula is C21H17F2N3O2. The van der Waals surface area contributed by atoms with Gasteiger partial charge in [-0.25, -0.2) is 8.78 Å². The molecular weight excluding hydrogens is 364 g/mol. The van der Waals surface area contributed by atoms with Crippen LogP contribution in [0.1, 0.15) is 17.7 Å². The molecule has 2 aromatic carbocycles. The predicted octanol–water partition coefficient (Wildman–Crippen LogP) is 4.39. The third-order valence-corrected chi connectivity index (χ3v) is 4.66. The summed E-state index contributed by atoms with van der Waals surface area (Å²) in [4.78, 5) is 12.9. The molecule has 0 aliphatic rings. The second-order valence-corrected chi connectivity index (χ2v) is 6.40. The highest BCUT2D eigenvalue weighted by molar-refractivity contribution is 5.86. The van der Waals surface area contributed by atoms with Gasteiger partial charge in [-0.1, -0.05) is 18.2 Å². The number of methoxy groups -OCH3 is 1. The Kier molecular flexibility index (Phi) is 4.65. The number of ether oxygens (including phenoxy) is 1. The average Bonchev–Trinajstić information content (AvgIpc) is 3.20. The third kappa shape index (κ3) is 3.26. The first kappa shape index (κ1) is 17.9. The molecule has 5 nitrogen and oxygen atoms in total. The van der Waals surface area contributed by atoms with E-state index in [4.69, 9.17) is 4.74 Å². The molecule has 0 radical (unpaired) electrons. The van der Waals surface area contributed by atoms with Gasteiger partial charge in [0.2, 0.25) is 0 Å². The Morgan fingerprint density at radius 2 is 2.04 bits per heavy atom. The van der Waals surface area contributed by atoms with E-state index in [0.29, 0.717) is 28.4 Å². The molecule has 142 valence electrons. The van der Waals surface area contributed by atoms with Gasteiger partial charge in [0.25, 0.3) is 12.0 Å². The number of fused-ring (bicyclic) bond motifs is 1. The minimum absolute atomic E-state index is 0.145. The number of rotatable bonds is 5. The van der Waals surface area contributed by atoms with E-state index in [2.05, 4.69) is 10.2 Å².